The van der Waals surface area contributed by atoms with Gasteiger partial charge in [0.15, 0.2) is 0 Å². The molecule has 2 aromatic heterocycles. The average molecular weight is 289 g/mol. The van der Waals surface area contributed by atoms with Gasteiger partial charge in [-0.3, -0.25) is 14.7 Å². The van der Waals surface area contributed by atoms with Gasteiger partial charge in [0, 0.05) is 50.5 Å². The van der Waals surface area contributed by atoms with Gasteiger partial charge in [-0.15, -0.1) is 11.3 Å². The van der Waals surface area contributed by atoms with Crippen LogP contribution in [-0.2, 0) is 6.54 Å². The molecule has 1 aliphatic heterocycles. The molecule has 0 unspecified atom stereocenters. The molecule has 3 heterocycles. The number of nitrogens with zero attached hydrogens (tertiary/aromatic N) is 5. The lowest BCUT2D eigenvalue weighted by Crippen LogP contribution is -2.48. The first-order chi connectivity index (χ1) is 9.83. The van der Waals surface area contributed by atoms with Crippen molar-refractivity contribution in [1.82, 2.24) is 24.8 Å². The zero-order valence-electron chi connectivity index (χ0n) is 11.0. The monoisotopic (exact) mass is 289 g/mol. The van der Waals surface area contributed by atoms with Crippen molar-refractivity contribution in [3.63, 3.8) is 0 Å². The van der Waals surface area contributed by atoms with Gasteiger partial charge < -0.3 is 4.90 Å². The number of amides is 1. The number of carbonyl (C=O) groups is 1. The molecular formula is C13H15N5OS. The van der Waals surface area contributed by atoms with Gasteiger partial charge in [0.2, 0.25) is 0 Å². The predicted molar refractivity (Wildman–Crippen MR) is 75.3 cm³/mol. The van der Waals surface area contributed by atoms with Crippen LogP contribution in [0, 0.1) is 0 Å². The van der Waals surface area contributed by atoms with Gasteiger partial charge in [-0.2, -0.15) is 0 Å². The van der Waals surface area contributed by atoms with E-state index >= 15 is 0 Å². The topological polar surface area (TPSA) is 62.2 Å². The molecule has 20 heavy (non-hydrogen) atoms. The molecule has 0 bridgehead atoms. The van der Waals surface area contributed by atoms with Crippen LogP contribution >= 0.6 is 11.3 Å². The molecule has 104 valence electrons. The van der Waals surface area contributed by atoms with Gasteiger partial charge in [0.1, 0.15) is 5.69 Å². The van der Waals surface area contributed by atoms with Gasteiger partial charge in [-0.1, -0.05) is 0 Å². The first-order valence-corrected chi connectivity index (χ1v) is 7.42. The van der Waals surface area contributed by atoms with E-state index in [9.17, 15) is 4.79 Å². The Balaban J connectivity index is 1.55. The summed E-state index contributed by atoms with van der Waals surface area (Å²) in [5.74, 6) is -0.0357. The molecule has 0 aromatic carbocycles. The Morgan fingerprint density at radius 1 is 1.20 bits per heavy atom. The van der Waals surface area contributed by atoms with Crippen LogP contribution in [0.2, 0.25) is 0 Å². The van der Waals surface area contributed by atoms with Crippen LogP contribution in [-0.4, -0.2) is 56.8 Å². The third-order valence-electron chi connectivity index (χ3n) is 3.31. The molecule has 3 rings (SSSR count). The summed E-state index contributed by atoms with van der Waals surface area (Å²) < 4.78 is 0. The van der Waals surface area contributed by atoms with Crippen molar-refractivity contribution >= 4 is 17.2 Å². The molecule has 1 aliphatic rings. The number of thiazole rings is 1. The third kappa shape index (κ3) is 3.00. The molecular weight excluding hydrogens is 274 g/mol. The largest absolute Gasteiger partial charge is 0.335 e. The highest BCUT2D eigenvalue weighted by Gasteiger charge is 2.23. The zero-order valence-corrected chi connectivity index (χ0v) is 11.8. The van der Waals surface area contributed by atoms with Gasteiger partial charge in [0.25, 0.3) is 5.91 Å². The van der Waals surface area contributed by atoms with Gasteiger partial charge in [-0.05, 0) is 0 Å². The molecule has 1 saturated heterocycles. The number of hydrogen-bond donors (Lipinski definition) is 0. The molecule has 0 spiro atoms. The maximum Gasteiger partial charge on any atom is 0.274 e. The minimum atomic E-state index is -0.0357. The van der Waals surface area contributed by atoms with Crippen LogP contribution in [0.3, 0.4) is 0 Å². The van der Waals surface area contributed by atoms with Crippen LogP contribution in [0.25, 0.3) is 0 Å². The van der Waals surface area contributed by atoms with E-state index in [1.165, 1.54) is 6.20 Å². The average Bonchev–Trinajstić information content (AvgIpc) is 3.01. The fourth-order valence-corrected chi connectivity index (χ4v) is 2.77. The normalized spacial score (nSPS) is 16.3. The van der Waals surface area contributed by atoms with E-state index in [1.807, 2.05) is 10.4 Å². The standard InChI is InChI=1S/C13H15N5OS/c19-13(12-7-14-1-2-15-12)18-5-3-17(4-6-18)8-11-9-20-10-16-11/h1-2,7,9-10H,3-6,8H2. The van der Waals surface area contributed by atoms with Gasteiger partial charge in [0.05, 0.1) is 17.4 Å². The fourth-order valence-electron chi connectivity index (χ4n) is 2.23. The highest BCUT2D eigenvalue weighted by Crippen LogP contribution is 2.10. The number of carbonyl (C=O) groups excluding carboxylic acids is 1. The van der Waals surface area contributed by atoms with Crippen LogP contribution in [0.1, 0.15) is 16.2 Å². The van der Waals surface area contributed by atoms with Crippen LogP contribution in [0.4, 0.5) is 0 Å². The molecule has 0 atom stereocenters. The summed E-state index contributed by atoms with van der Waals surface area (Å²) >= 11 is 1.61. The summed E-state index contributed by atoms with van der Waals surface area (Å²) in [5, 5.41) is 2.07. The highest BCUT2D eigenvalue weighted by molar-refractivity contribution is 7.07. The van der Waals surface area contributed by atoms with E-state index in [0.717, 1.165) is 38.4 Å². The predicted octanol–water partition coefficient (Wildman–Crippen LogP) is 0.891. The Morgan fingerprint density at radius 2 is 2.05 bits per heavy atom. The first-order valence-electron chi connectivity index (χ1n) is 6.47. The Bertz CT molecular complexity index is 551. The Hall–Kier alpha value is -1.86. The minimum absolute atomic E-state index is 0.0357. The SMILES string of the molecule is O=C(c1cnccn1)N1CCN(Cc2cscn2)CC1. The minimum Gasteiger partial charge on any atom is -0.335 e. The van der Waals surface area contributed by atoms with Crippen molar-refractivity contribution in [2.24, 2.45) is 0 Å². The van der Waals surface area contributed by atoms with Crippen molar-refractivity contribution < 1.29 is 4.79 Å². The molecule has 0 radical (unpaired) electrons. The van der Waals surface area contributed by atoms with E-state index in [4.69, 9.17) is 0 Å². The summed E-state index contributed by atoms with van der Waals surface area (Å²) in [4.78, 5) is 28.7. The Morgan fingerprint density at radius 3 is 2.70 bits per heavy atom. The summed E-state index contributed by atoms with van der Waals surface area (Å²) in [6, 6.07) is 0. The summed E-state index contributed by atoms with van der Waals surface area (Å²) in [5.41, 5.74) is 3.37. The van der Waals surface area contributed by atoms with Gasteiger partial charge in [-0.25, -0.2) is 9.97 Å². The summed E-state index contributed by atoms with van der Waals surface area (Å²) in [6.07, 6.45) is 4.64. The Labute approximate surface area is 121 Å². The number of aromatic nitrogens is 3. The maximum atomic E-state index is 12.2. The first kappa shape index (κ1) is 13.1. The lowest BCUT2D eigenvalue weighted by atomic mass is 10.2. The fraction of sp³-hybridized carbons (Fsp3) is 0.385. The summed E-state index contributed by atoms with van der Waals surface area (Å²) in [6.45, 7) is 4.03. The summed E-state index contributed by atoms with van der Waals surface area (Å²) in [7, 11) is 0. The number of piperazine rings is 1. The van der Waals surface area contributed by atoms with Crippen molar-refractivity contribution in [2.75, 3.05) is 26.2 Å². The smallest absolute Gasteiger partial charge is 0.274 e. The molecule has 6 nitrogen and oxygen atoms in total. The molecule has 2 aromatic rings. The van der Waals surface area contributed by atoms with Crippen molar-refractivity contribution in [3.8, 4) is 0 Å². The van der Waals surface area contributed by atoms with Crippen LogP contribution in [0.5, 0.6) is 0 Å². The molecule has 7 heteroatoms. The zero-order chi connectivity index (χ0) is 13.8. The molecule has 0 aliphatic carbocycles. The lowest BCUT2D eigenvalue weighted by molar-refractivity contribution is 0.0621. The third-order valence-corrected chi connectivity index (χ3v) is 3.95. The van der Waals surface area contributed by atoms with E-state index in [1.54, 1.807) is 23.7 Å². The van der Waals surface area contributed by atoms with Gasteiger partial charge >= 0.3 is 0 Å². The number of rotatable bonds is 3. The van der Waals surface area contributed by atoms with E-state index < -0.39 is 0 Å². The van der Waals surface area contributed by atoms with Crippen LogP contribution in [0.15, 0.2) is 29.5 Å². The molecule has 1 amide bonds. The van der Waals surface area contributed by atoms with E-state index in [-0.39, 0.29) is 5.91 Å². The molecule has 1 fully saturated rings. The van der Waals surface area contributed by atoms with E-state index in [0.29, 0.717) is 5.69 Å². The van der Waals surface area contributed by atoms with E-state index in [2.05, 4.69) is 25.2 Å². The number of hydrogen-bond acceptors (Lipinski definition) is 6. The van der Waals surface area contributed by atoms with Crippen molar-refractivity contribution in [2.45, 2.75) is 6.54 Å². The maximum absolute atomic E-state index is 12.2. The van der Waals surface area contributed by atoms with Crippen LogP contribution < -0.4 is 0 Å². The quantitative estimate of drug-likeness (QED) is 0.840. The molecule has 0 saturated carbocycles. The molecule has 0 N–H and O–H groups in total. The Kier molecular flexibility index (Phi) is 3.98. The second-order valence-corrected chi connectivity index (χ2v) is 5.36. The second kappa shape index (κ2) is 6.06. The second-order valence-electron chi connectivity index (χ2n) is 4.64. The van der Waals surface area contributed by atoms with Crippen molar-refractivity contribution in [3.05, 3.63) is 40.9 Å². The van der Waals surface area contributed by atoms with Crippen molar-refractivity contribution in [1.29, 1.82) is 0 Å². The lowest BCUT2D eigenvalue weighted by Gasteiger charge is -2.34. The highest BCUT2D eigenvalue weighted by atomic mass is 32.1.